The minimum atomic E-state index is 0.382. The molecule has 0 spiro atoms. The largest absolute Gasteiger partial charge is 0.490 e. The minimum Gasteiger partial charge on any atom is -0.490 e. The van der Waals surface area contributed by atoms with E-state index >= 15 is 0 Å². The van der Waals surface area contributed by atoms with Gasteiger partial charge in [0.15, 0.2) is 0 Å². The van der Waals surface area contributed by atoms with Crippen LogP contribution in [0.2, 0.25) is 0 Å². The van der Waals surface area contributed by atoms with Crippen LogP contribution in [0.25, 0.3) is 0 Å². The molecule has 1 aliphatic rings. The molecule has 0 aromatic carbocycles. The highest BCUT2D eigenvalue weighted by atomic mass is 16.5. The quantitative estimate of drug-likeness (QED) is 0.779. The number of methoxy groups -OCH3 is 1. The van der Waals surface area contributed by atoms with Gasteiger partial charge in [-0.2, -0.15) is 0 Å². The van der Waals surface area contributed by atoms with E-state index in [1.54, 1.807) is 13.2 Å². The Kier molecular flexibility index (Phi) is 2.54. The lowest BCUT2D eigenvalue weighted by molar-refractivity contribution is 0.299. The molecular weight excluding hydrogens is 180 g/mol. The molecule has 0 radical (unpaired) electrons. The molecule has 1 aromatic heterocycles. The second kappa shape index (κ2) is 3.84. The summed E-state index contributed by atoms with van der Waals surface area (Å²) in [4.78, 5) is 4.17. The van der Waals surface area contributed by atoms with Crippen LogP contribution in [0.15, 0.2) is 12.1 Å². The fourth-order valence-electron chi connectivity index (χ4n) is 1.19. The van der Waals surface area contributed by atoms with Gasteiger partial charge in [-0.05, 0) is 12.8 Å². The van der Waals surface area contributed by atoms with Crippen LogP contribution in [0.5, 0.6) is 11.6 Å². The van der Waals surface area contributed by atoms with Crippen LogP contribution in [-0.2, 0) is 6.54 Å². The van der Waals surface area contributed by atoms with Gasteiger partial charge in [0.2, 0.25) is 5.88 Å². The fourth-order valence-corrected chi connectivity index (χ4v) is 1.19. The van der Waals surface area contributed by atoms with E-state index in [0.29, 0.717) is 18.5 Å². The van der Waals surface area contributed by atoms with Gasteiger partial charge < -0.3 is 15.2 Å². The standard InChI is InChI=1S/C10H14N2O2/c1-13-10-5-9(14-8-2-3-8)4-7(6-11)12-10/h4-5,8H,2-3,6,11H2,1H3. The van der Waals surface area contributed by atoms with Gasteiger partial charge in [-0.3, -0.25) is 0 Å². The van der Waals surface area contributed by atoms with E-state index in [2.05, 4.69) is 4.98 Å². The second-order valence-corrected chi connectivity index (χ2v) is 3.36. The zero-order chi connectivity index (χ0) is 9.97. The third-order valence-corrected chi connectivity index (χ3v) is 2.07. The van der Waals surface area contributed by atoms with Crippen LogP contribution >= 0.6 is 0 Å². The predicted molar refractivity (Wildman–Crippen MR) is 52.3 cm³/mol. The van der Waals surface area contributed by atoms with E-state index in [-0.39, 0.29) is 0 Å². The maximum Gasteiger partial charge on any atom is 0.216 e. The SMILES string of the molecule is COc1cc(OC2CC2)cc(CN)n1. The number of rotatable bonds is 4. The third kappa shape index (κ3) is 2.14. The molecule has 1 saturated carbocycles. The normalized spacial score (nSPS) is 15.3. The van der Waals surface area contributed by atoms with Gasteiger partial charge >= 0.3 is 0 Å². The van der Waals surface area contributed by atoms with Crippen molar-refractivity contribution in [3.8, 4) is 11.6 Å². The molecule has 4 nitrogen and oxygen atoms in total. The molecule has 1 fully saturated rings. The van der Waals surface area contributed by atoms with Crippen molar-refractivity contribution in [2.75, 3.05) is 7.11 Å². The molecule has 14 heavy (non-hydrogen) atoms. The Hall–Kier alpha value is -1.29. The average Bonchev–Trinajstić information content (AvgIpc) is 3.01. The smallest absolute Gasteiger partial charge is 0.216 e. The Labute approximate surface area is 83.0 Å². The first-order chi connectivity index (χ1) is 6.81. The first kappa shape index (κ1) is 9.27. The topological polar surface area (TPSA) is 57.4 Å². The molecule has 76 valence electrons. The van der Waals surface area contributed by atoms with Crippen molar-refractivity contribution in [2.24, 2.45) is 5.73 Å². The predicted octanol–water partition coefficient (Wildman–Crippen LogP) is 1.09. The summed E-state index contributed by atoms with van der Waals surface area (Å²) in [7, 11) is 1.59. The summed E-state index contributed by atoms with van der Waals surface area (Å²) in [5, 5.41) is 0. The highest BCUT2D eigenvalue weighted by Crippen LogP contribution is 2.28. The maximum absolute atomic E-state index is 5.63. The van der Waals surface area contributed by atoms with Gasteiger partial charge in [-0.1, -0.05) is 0 Å². The number of nitrogens with zero attached hydrogens (tertiary/aromatic N) is 1. The molecule has 0 saturated heterocycles. The number of hydrogen-bond acceptors (Lipinski definition) is 4. The Morgan fingerprint density at radius 1 is 1.50 bits per heavy atom. The van der Waals surface area contributed by atoms with Crippen molar-refractivity contribution in [3.05, 3.63) is 17.8 Å². The monoisotopic (exact) mass is 194 g/mol. The van der Waals surface area contributed by atoms with Crippen LogP contribution < -0.4 is 15.2 Å². The van der Waals surface area contributed by atoms with Crippen molar-refractivity contribution in [3.63, 3.8) is 0 Å². The summed E-state index contributed by atoms with van der Waals surface area (Å²) in [5.41, 5.74) is 6.31. The summed E-state index contributed by atoms with van der Waals surface area (Å²) in [6.45, 7) is 0.401. The summed E-state index contributed by atoms with van der Waals surface area (Å²) in [5.74, 6) is 1.36. The van der Waals surface area contributed by atoms with E-state index in [0.717, 1.165) is 24.3 Å². The first-order valence-electron chi connectivity index (χ1n) is 4.73. The number of nitrogens with two attached hydrogens (primary N) is 1. The van der Waals surface area contributed by atoms with E-state index in [4.69, 9.17) is 15.2 Å². The fraction of sp³-hybridized carbons (Fsp3) is 0.500. The Balaban J connectivity index is 2.19. The van der Waals surface area contributed by atoms with Crippen LogP contribution in [0.3, 0.4) is 0 Å². The molecule has 0 amide bonds. The molecule has 0 bridgehead atoms. The summed E-state index contributed by atoms with van der Waals surface area (Å²) in [6.07, 6.45) is 2.67. The Morgan fingerprint density at radius 2 is 2.29 bits per heavy atom. The second-order valence-electron chi connectivity index (χ2n) is 3.36. The molecule has 1 aromatic rings. The highest BCUT2D eigenvalue weighted by molar-refractivity contribution is 5.30. The lowest BCUT2D eigenvalue weighted by Crippen LogP contribution is -2.03. The van der Waals surface area contributed by atoms with Crippen LogP contribution in [0.1, 0.15) is 18.5 Å². The third-order valence-electron chi connectivity index (χ3n) is 2.07. The molecule has 2 N–H and O–H groups in total. The summed E-state index contributed by atoms with van der Waals surface area (Å²) >= 11 is 0. The molecule has 4 heteroatoms. The molecule has 1 aliphatic carbocycles. The molecule has 0 aliphatic heterocycles. The van der Waals surface area contributed by atoms with Gasteiger partial charge in [0, 0.05) is 18.7 Å². The van der Waals surface area contributed by atoms with Crippen molar-refractivity contribution in [1.29, 1.82) is 0 Å². The molecular formula is C10H14N2O2. The van der Waals surface area contributed by atoms with Crippen molar-refractivity contribution in [1.82, 2.24) is 4.98 Å². The zero-order valence-electron chi connectivity index (χ0n) is 8.19. The Morgan fingerprint density at radius 3 is 2.86 bits per heavy atom. The molecule has 1 heterocycles. The van der Waals surface area contributed by atoms with Crippen LogP contribution in [0, 0.1) is 0 Å². The first-order valence-corrected chi connectivity index (χ1v) is 4.73. The maximum atomic E-state index is 5.63. The van der Waals surface area contributed by atoms with E-state index in [9.17, 15) is 0 Å². The zero-order valence-corrected chi connectivity index (χ0v) is 8.19. The summed E-state index contributed by atoms with van der Waals surface area (Å²) in [6, 6.07) is 3.65. The lowest BCUT2D eigenvalue weighted by atomic mass is 10.3. The van der Waals surface area contributed by atoms with Gasteiger partial charge in [0.05, 0.1) is 18.9 Å². The molecule has 0 atom stereocenters. The van der Waals surface area contributed by atoms with E-state index in [1.165, 1.54) is 0 Å². The number of ether oxygens (including phenoxy) is 2. The van der Waals surface area contributed by atoms with Crippen LogP contribution in [-0.4, -0.2) is 18.2 Å². The minimum absolute atomic E-state index is 0.382. The van der Waals surface area contributed by atoms with E-state index < -0.39 is 0 Å². The highest BCUT2D eigenvalue weighted by Gasteiger charge is 2.23. The Bertz CT molecular complexity index is 302. The lowest BCUT2D eigenvalue weighted by Gasteiger charge is -2.07. The average molecular weight is 194 g/mol. The molecule has 0 unspecified atom stereocenters. The van der Waals surface area contributed by atoms with Crippen molar-refractivity contribution >= 4 is 0 Å². The number of aromatic nitrogens is 1. The number of hydrogen-bond donors (Lipinski definition) is 1. The summed E-state index contributed by atoms with van der Waals surface area (Å²) < 4.78 is 10.7. The number of pyridine rings is 1. The van der Waals surface area contributed by atoms with E-state index in [1.807, 2.05) is 6.07 Å². The van der Waals surface area contributed by atoms with Gasteiger partial charge in [0.25, 0.3) is 0 Å². The van der Waals surface area contributed by atoms with Gasteiger partial charge in [-0.25, -0.2) is 4.98 Å². The van der Waals surface area contributed by atoms with Crippen molar-refractivity contribution < 1.29 is 9.47 Å². The molecule has 2 rings (SSSR count). The van der Waals surface area contributed by atoms with Crippen LogP contribution in [0.4, 0.5) is 0 Å². The van der Waals surface area contributed by atoms with Crippen molar-refractivity contribution in [2.45, 2.75) is 25.5 Å². The van der Waals surface area contributed by atoms with Gasteiger partial charge in [-0.15, -0.1) is 0 Å². The van der Waals surface area contributed by atoms with Gasteiger partial charge in [0.1, 0.15) is 5.75 Å².